The minimum atomic E-state index is -3.81. The summed E-state index contributed by atoms with van der Waals surface area (Å²) >= 11 is 1.28. The largest absolute Gasteiger partial charge is 0.360 e. The van der Waals surface area contributed by atoms with Crippen LogP contribution in [0.1, 0.15) is 12.5 Å². The number of fused-ring (bicyclic) bond motifs is 1. The lowest BCUT2D eigenvalue weighted by Gasteiger charge is -2.14. The van der Waals surface area contributed by atoms with Gasteiger partial charge in [-0.3, -0.25) is 9.36 Å². The summed E-state index contributed by atoms with van der Waals surface area (Å²) in [6.45, 7) is 3.79. The zero-order valence-electron chi connectivity index (χ0n) is 20.0. The summed E-state index contributed by atoms with van der Waals surface area (Å²) in [6, 6.07) is 21.7. The Bertz CT molecular complexity index is 1710. The number of para-hydroxylation sites is 1. The third kappa shape index (κ3) is 5.15. The second-order valence-electron chi connectivity index (χ2n) is 8.55. The SMILES string of the molecule is Cc1cccc(-n2c(S[C@H](C)C(=O)Nc3ccc(S(N)(=O)=O)cc3)nnc2-c2c[nH]c3ccccc23)c1. The van der Waals surface area contributed by atoms with Crippen LogP contribution in [0.3, 0.4) is 0 Å². The van der Waals surface area contributed by atoms with Crippen LogP contribution >= 0.6 is 11.8 Å². The molecule has 0 spiro atoms. The smallest absolute Gasteiger partial charge is 0.238 e. The van der Waals surface area contributed by atoms with E-state index in [4.69, 9.17) is 5.14 Å². The van der Waals surface area contributed by atoms with E-state index in [1.807, 2.05) is 66.2 Å². The molecule has 5 aromatic rings. The third-order valence-electron chi connectivity index (χ3n) is 5.83. The Kier molecular flexibility index (Phi) is 6.59. The fourth-order valence-corrected chi connectivity index (χ4v) is 5.34. The molecule has 0 saturated heterocycles. The minimum Gasteiger partial charge on any atom is -0.360 e. The molecule has 9 nitrogen and oxygen atoms in total. The van der Waals surface area contributed by atoms with Gasteiger partial charge in [0.2, 0.25) is 15.9 Å². The molecule has 3 aromatic carbocycles. The molecule has 0 saturated carbocycles. The first kappa shape index (κ1) is 24.8. The third-order valence-corrected chi connectivity index (χ3v) is 7.80. The average molecular weight is 533 g/mol. The first-order chi connectivity index (χ1) is 17.7. The highest BCUT2D eigenvalue weighted by molar-refractivity contribution is 8.00. The number of amides is 1. The van der Waals surface area contributed by atoms with Gasteiger partial charge in [-0.2, -0.15) is 0 Å². The van der Waals surface area contributed by atoms with Gasteiger partial charge in [0.15, 0.2) is 11.0 Å². The van der Waals surface area contributed by atoms with Gasteiger partial charge in [0.05, 0.1) is 10.1 Å². The quantitative estimate of drug-likeness (QED) is 0.264. The summed E-state index contributed by atoms with van der Waals surface area (Å²) in [6.07, 6.45) is 1.91. The molecule has 188 valence electrons. The van der Waals surface area contributed by atoms with Crippen molar-refractivity contribution in [1.82, 2.24) is 19.7 Å². The van der Waals surface area contributed by atoms with E-state index in [-0.39, 0.29) is 10.8 Å². The highest BCUT2D eigenvalue weighted by Gasteiger charge is 2.23. The Balaban J connectivity index is 1.46. The van der Waals surface area contributed by atoms with Crippen molar-refractivity contribution >= 4 is 44.3 Å². The van der Waals surface area contributed by atoms with E-state index < -0.39 is 15.3 Å². The normalized spacial score (nSPS) is 12.5. The van der Waals surface area contributed by atoms with Gasteiger partial charge in [-0.05, 0) is 61.9 Å². The number of thioether (sulfide) groups is 1. The van der Waals surface area contributed by atoms with Gasteiger partial charge in [0.25, 0.3) is 0 Å². The van der Waals surface area contributed by atoms with Crippen LogP contribution < -0.4 is 10.5 Å². The van der Waals surface area contributed by atoms with Crippen LogP contribution in [0.15, 0.2) is 89.0 Å². The second-order valence-corrected chi connectivity index (χ2v) is 11.4. The molecule has 0 aliphatic heterocycles. The van der Waals surface area contributed by atoms with E-state index in [0.717, 1.165) is 27.7 Å². The van der Waals surface area contributed by atoms with E-state index in [0.29, 0.717) is 16.7 Å². The molecule has 0 aliphatic carbocycles. The van der Waals surface area contributed by atoms with Gasteiger partial charge in [0, 0.05) is 34.0 Å². The van der Waals surface area contributed by atoms with Crippen molar-refractivity contribution in [2.45, 2.75) is 29.1 Å². The van der Waals surface area contributed by atoms with Gasteiger partial charge >= 0.3 is 0 Å². The Labute approximate surface area is 218 Å². The standard InChI is InChI=1S/C26H24N6O3S2/c1-16-6-5-7-19(14-16)32-24(22-15-28-23-9-4-3-8-21(22)23)30-31-26(32)36-17(2)25(33)29-18-10-12-20(13-11-18)37(27,34)35/h3-15,17,28H,1-2H3,(H,29,33)(H2,27,34,35)/t17-/m1/s1. The second kappa shape index (κ2) is 9.85. The number of aryl methyl sites for hydroxylation is 1. The monoisotopic (exact) mass is 532 g/mol. The molecule has 5 rings (SSSR count). The molecule has 4 N–H and O–H groups in total. The predicted molar refractivity (Wildman–Crippen MR) is 145 cm³/mol. The number of primary sulfonamides is 1. The average Bonchev–Trinajstić information content (AvgIpc) is 3.47. The van der Waals surface area contributed by atoms with Crippen molar-refractivity contribution in [2.75, 3.05) is 5.32 Å². The molecule has 37 heavy (non-hydrogen) atoms. The van der Waals surface area contributed by atoms with Crippen molar-refractivity contribution in [1.29, 1.82) is 0 Å². The van der Waals surface area contributed by atoms with E-state index >= 15 is 0 Å². The molecule has 0 fully saturated rings. The maximum absolute atomic E-state index is 13.0. The number of rotatable bonds is 7. The molecule has 1 amide bonds. The number of hydrogen-bond donors (Lipinski definition) is 3. The molecular weight excluding hydrogens is 508 g/mol. The molecule has 1 atom stereocenters. The Morgan fingerprint density at radius 3 is 2.54 bits per heavy atom. The van der Waals surface area contributed by atoms with Gasteiger partial charge in [0.1, 0.15) is 0 Å². The number of nitrogens with zero attached hydrogens (tertiary/aromatic N) is 3. The topological polar surface area (TPSA) is 136 Å². The number of aromatic amines is 1. The van der Waals surface area contributed by atoms with Crippen LogP contribution in [0.5, 0.6) is 0 Å². The predicted octanol–water partition coefficient (Wildman–Crippen LogP) is 4.49. The number of sulfonamides is 1. The number of H-pyrrole nitrogens is 1. The van der Waals surface area contributed by atoms with E-state index in [2.05, 4.69) is 20.5 Å². The van der Waals surface area contributed by atoms with E-state index in [1.165, 1.54) is 36.0 Å². The van der Waals surface area contributed by atoms with Gasteiger partial charge in [-0.1, -0.05) is 42.1 Å². The summed E-state index contributed by atoms with van der Waals surface area (Å²) in [5, 5.41) is 18.0. The fourth-order valence-electron chi connectivity index (χ4n) is 3.96. The van der Waals surface area contributed by atoms with Gasteiger partial charge < -0.3 is 10.3 Å². The number of nitrogens with two attached hydrogens (primary N) is 1. The first-order valence-electron chi connectivity index (χ1n) is 11.4. The van der Waals surface area contributed by atoms with Gasteiger partial charge in [-0.15, -0.1) is 10.2 Å². The maximum atomic E-state index is 13.0. The highest BCUT2D eigenvalue weighted by Crippen LogP contribution is 2.34. The number of nitrogens with one attached hydrogen (secondary N) is 2. The number of hydrogen-bond acceptors (Lipinski definition) is 6. The lowest BCUT2D eigenvalue weighted by atomic mass is 10.1. The number of benzene rings is 3. The zero-order chi connectivity index (χ0) is 26.2. The molecule has 2 heterocycles. The summed E-state index contributed by atoms with van der Waals surface area (Å²) in [4.78, 5) is 16.2. The van der Waals surface area contributed by atoms with Crippen molar-refractivity contribution in [3.63, 3.8) is 0 Å². The Morgan fingerprint density at radius 2 is 1.81 bits per heavy atom. The molecule has 0 unspecified atom stereocenters. The Hall–Kier alpha value is -3.93. The molecule has 2 aromatic heterocycles. The molecular formula is C26H24N6O3S2. The number of anilines is 1. The number of carbonyl (C=O) groups excluding carboxylic acids is 1. The Morgan fingerprint density at radius 1 is 1.05 bits per heavy atom. The molecule has 11 heteroatoms. The van der Waals surface area contributed by atoms with E-state index in [1.54, 1.807) is 6.92 Å². The summed E-state index contributed by atoms with van der Waals surface area (Å²) in [7, 11) is -3.81. The molecule has 0 radical (unpaired) electrons. The minimum absolute atomic E-state index is 0.0241. The lowest BCUT2D eigenvalue weighted by molar-refractivity contribution is -0.115. The number of aromatic nitrogens is 4. The lowest BCUT2D eigenvalue weighted by Crippen LogP contribution is -2.23. The van der Waals surface area contributed by atoms with E-state index in [9.17, 15) is 13.2 Å². The van der Waals surface area contributed by atoms with Crippen molar-refractivity contribution in [3.05, 3.63) is 84.6 Å². The maximum Gasteiger partial charge on any atom is 0.238 e. The zero-order valence-corrected chi connectivity index (χ0v) is 21.7. The van der Waals surface area contributed by atoms with Gasteiger partial charge in [-0.25, -0.2) is 13.6 Å². The van der Waals surface area contributed by atoms with Crippen LogP contribution in [0.25, 0.3) is 28.0 Å². The van der Waals surface area contributed by atoms with Crippen LogP contribution in [-0.2, 0) is 14.8 Å². The highest BCUT2D eigenvalue weighted by atomic mass is 32.2. The van der Waals surface area contributed by atoms with Crippen LogP contribution in [-0.4, -0.2) is 39.3 Å². The molecule has 0 bridgehead atoms. The first-order valence-corrected chi connectivity index (χ1v) is 13.8. The fraction of sp³-hybridized carbons (Fsp3) is 0.115. The number of carbonyl (C=O) groups is 1. The summed E-state index contributed by atoms with van der Waals surface area (Å²) in [5.41, 5.74) is 4.33. The molecule has 0 aliphatic rings. The van der Waals surface area contributed by atoms with Crippen LogP contribution in [0.2, 0.25) is 0 Å². The van der Waals surface area contributed by atoms with Crippen LogP contribution in [0, 0.1) is 6.92 Å². The summed E-state index contributed by atoms with van der Waals surface area (Å²) in [5.74, 6) is 0.400. The van der Waals surface area contributed by atoms with Crippen molar-refractivity contribution in [2.24, 2.45) is 5.14 Å². The van der Waals surface area contributed by atoms with Crippen molar-refractivity contribution < 1.29 is 13.2 Å². The summed E-state index contributed by atoms with van der Waals surface area (Å²) < 4.78 is 24.9. The van der Waals surface area contributed by atoms with Crippen LogP contribution in [0.4, 0.5) is 5.69 Å². The van der Waals surface area contributed by atoms with Crippen molar-refractivity contribution in [3.8, 4) is 17.1 Å².